The van der Waals surface area contributed by atoms with Gasteiger partial charge in [-0.1, -0.05) is 33.1 Å². The van der Waals surface area contributed by atoms with Gasteiger partial charge in [0.05, 0.1) is 12.2 Å². The second-order valence-electron chi connectivity index (χ2n) is 5.86. The van der Waals surface area contributed by atoms with Crippen LogP contribution in [-0.4, -0.2) is 37.1 Å². The van der Waals surface area contributed by atoms with Crippen LogP contribution in [0.2, 0.25) is 0 Å². The molecule has 2 unspecified atom stereocenters. The second-order valence-corrected chi connectivity index (χ2v) is 5.86. The highest BCUT2D eigenvalue weighted by atomic mass is 16.5. The molecule has 0 radical (unpaired) electrons. The number of carbonyl (C=O) groups is 2. The summed E-state index contributed by atoms with van der Waals surface area (Å²) in [5.41, 5.74) is 0. The Balaban J connectivity index is 2.61. The standard InChI is InChI=1S/C15H28N2O3/c1-10(2)14(18)17-13(15(19)16-4)11(3)20-12-8-6-5-7-9-12/h10-13H,5-9H2,1-4H3,(H,16,19)(H,17,18). The Hall–Kier alpha value is -1.10. The molecule has 0 bridgehead atoms. The zero-order valence-electron chi connectivity index (χ0n) is 13.1. The van der Waals surface area contributed by atoms with Gasteiger partial charge in [0.1, 0.15) is 6.04 Å². The molecule has 20 heavy (non-hydrogen) atoms. The van der Waals surface area contributed by atoms with E-state index in [9.17, 15) is 9.59 Å². The van der Waals surface area contributed by atoms with Crippen LogP contribution in [0.3, 0.4) is 0 Å². The van der Waals surface area contributed by atoms with Crippen LogP contribution in [0.1, 0.15) is 52.9 Å². The van der Waals surface area contributed by atoms with Crippen molar-refractivity contribution >= 4 is 11.8 Å². The molecule has 0 spiro atoms. The first kappa shape index (κ1) is 17.0. The zero-order chi connectivity index (χ0) is 15.1. The van der Waals surface area contributed by atoms with Crippen LogP contribution in [0.4, 0.5) is 0 Å². The summed E-state index contributed by atoms with van der Waals surface area (Å²) < 4.78 is 5.98. The molecule has 1 aliphatic rings. The predicted molar refractivity (Wildman–Crippen MR) is 78.3 cm³/mol. The average Bonchev–Trinajstić information content (AvgIpc) is 2.44. The largest absolute Gasteiger partial charge is 0.373 e. The van der Waals surface area contributed by atoms with Crippen LogP contribution >= 0.6 is 0 Å². The Morgan fingerprint density at radius 3 is 2.15 bits per heavy atom. The number of hydrogen-bond donors (Lipinski definition) is 2. The summed E-state index contributed by atoms with van der Waals surface area (Å²) in [7, 11) is 1.57. The SMILES string of the molecule is CNC(=O)C(NC(=O)C(C)C)C(C)OC1CCCCC1. The van der Waals surface area contributed by atoms with Crippen molar-refractivity contribution in [3.63, 3.8) is 0 Å². The van der Waals surface area contributed by atoms with Gasteiger partial charge in [0, 0.05) is 13.0 Å². The van der Waals surface area contributed by atoms with E-state index < -0.39 is 6.04 Å². The van der Waals surface area contributed by atoms with Gasteiger partial charge < -0.3 is 15.4 Å². The first-order valence-electron chi connectivity index (χ1n) is 7.63. The molecule has 1 aliphatic carbocycles. The van der Waals surface area contributed by atoms with Gasteiger partial charge in [-0.25, -0.2) is 0 Å². The number of ether oxygens (including phenoxy) is 1. The summed E-state index contributed by atoms with van der Waals surface area (Å²) >= 11 is 0. The molecule has 0 aromatic heterocycles. The van der Waals surface area contributed by atoms with Gasteiger partial charge in [-0.15, -0.1) is 0 Å². The highest BCUT2D eigenvalue weighted by Gasteiger charge is 2.29. The first-order valence-corrected chi connectivity index (χ1v) is 7.63. The predicted octanol–water partition coefficient (Wildman–Crippen LogP) is 1.61. The van der Waals surface area contributed by atoms with E-state index in [4.69, 9.17) is 4.74 Å². The van der Waals surface area contributed by atoms with Gasteiger partial charge in [-0.3, -0.25) is 9.59 Å². The van der Waals surface area contributed by atoms with Gasteiger partial charge in [0.25, 0.3) is 0 Å². The molecular weight excluding hydrogens is 256 g/mol. The van der Waals surface area contributed by atoms with E-state index in [0.717, 1.165) is 12.8 Å². The number of carbonyl (C=O) groups excluding carboxylic acids is 2. The van der Waals surface area contributed by atoms with Crippen LogP contribution in [0.15, 0.2) is 0 Å². The van der Waals surface area contributed by atoms with Crippen molar-refractivity contribution in [2.45, 2.75) is 71.1 Å². The summed E-state index contributed by atoms with van der Waals surface area (Å²) in [4.78, 5) is 23.8. The van der Waals surface area contributed by atoms with Crippen molar-refractivity contribution in [1.82, 2.24) is 10.6 Å². The minimum atomic E-state index is -0.628. The fourth-order valence-electron chi connectivity index (χ4n) is 2.45. The third-order valence-corrected chi connectivity index (χ3v) is 3.78. The lowest BCUT2D eigenvalue weighted by atomic mass is 9.97. The van der Waals surface area contributed by atoms with E-state index in [1.165, 1.54) is 19.3 Å². The van der Waals surface area contributed by atoms with Gasteiger partial charge in [0.2, 0.25) is 11.8 Å². The van der Waals surface area contributed by atoms with Crippen molar-refractivity contribution in [3.05, 3.63) is 0 Å². The molecule has 0 heterocycles. The summed E-state index contributed by atoms with van der Waals surface area (Å²) in [6.45, 7) is 5.47. The molecule has 0 aliphatic heterocycles. The molecule has 1 rings (SSSR count). The minimum Gasteiger partial charge on any atom is -0.373 e. The van der Waals surface area contributed by atoms with Crippen molar-refractivity contribution < 1.29 is 14.3 Å². The Bertz CT molecular complexity index is 325. The number of likely N-dealkylation sites (N-methyl/N-ethyl adjacent to an activating group) is 1. The van der Waals surface area contributed by atoms with E-state index in [1.807, 2.05) is 20.8 Å². The van der Waals surface area contributed by atoms with Gasteiger partial charge in [0.15, 0.2) is 0 Å². The lowest BCUT2D eigenvalue weighted by Crippen LogP contribution is -2.54. The number of amides is 2. The summed E-state index contributed by atoms with van der Waals surface area (Å²) in [6.07, 6.45) is 5.60. The second kappa shape index (κ2) is 8.25. The minimum absolute atomic E-state index is 0.127. The lowest BCUT2D eigenvalue weighted by Gasteiger charge is -2.30. The monoisotopic (exact) mass is 284 g/mol. The molecule has 5 nitrogen and oxygen atoms in total. The first-order chi connectivity index (χ1) is 9.45. The maximum Gasteiger partial charge on any atom is 0.245 e. The zero-order valence-corrected chi connectivity index (χ0v) is 13.1. The van der Waals surface area contributed by atoms with E-state index in [-0.39, 0.29) is 29.9 Å². The van der Waals surface area contributed by atoms with Crippen molar-refractivity contribution in [2.24, 2.45) is 5.92 Å². The fourth-order valence-corrected chi connectivity index (χ4v) is 2.45. The average molecular weight is 284 g/mol. The maximum absolute atomic E-state index is 11.9. The summed E-state index contributed by atoms with van der Waals surface area (Å²) in [6, 6.07) is -0.628. The van der Waals surface area contributed by atoms with Crippen LogP contribution in [0.25, 0.3) is 0 Å². The Morgan fingerprint density at radius 1 is 1.05 bits per heavy atom. The van der Waals surface area contributed by atoms with E-state index in [2.05, 4.69) is 10.6 Å². The molecule has 2 atom stereocenters. The molecule has 1 fully saturated rings. The molecule has 116 valence electrons. The Kier molecular flexibility index (Phi) is 6.99. The lowest BCUT2D eigenvalue weighted by molar-refractivity contribution is -0.135. The molecule has 0 saturated heterocycles. The van der Waals surface area contributed by atoms with E-state index in [1.54, 1.807) is 7.05 Å². The number of hydrogen-bond acceptors (Lipinski definition) is 3. The molecule has 2 amide bonds. The van der Waals surface area contributed by atoms with Gasteiger partial charge in [-0.2, -0.15) is 0 Å². The highest BCUT2D eigenvalue weighted by Crippen LogP contribution is 2.22. The van der Waals surface area contributed by atoms with Crippen LogP contribution < -0.4 is 10.6 Å². The Morgan fingerprint density at radius 2 is 1.65 bits per heavy atom. The van der Waals surface area contributed by atoms with Crippen LogP contribution in [0, 0.1) is 5.92 Å². The quantitative estimate of drug-likeness (QED) is 0.778. The van der Waals surface area contributed by atoms with Crippen molar-refractivity contribution in [1.29, 1.82) is 0 Å². The fraction of sp³-hybridized carbons (Fsp3) is 0.867. The normalized spacial score (nSPS) is 19.4. The van der Waals surface area contributed by atoms with Crippen LogP contribution in [-0.2, 0) is 14.3 Å². The third kappa shape index (κ3) is 5.12. The number of nitrogens with one attached hydrogen (secondary N) is 2. The van der Waals surface area contributed by atoms with Crippen molar-refractivity contribution in [2.75, 3.05) is 7.05 Å². The molecule has 0 aromatic rings. The molecule has 2 N–H and O–H groups in total. The van der Waals surface area contributed by atoms with Crippen molar-refractivity contribution in [3.8, 4) is 0 Å². The Labute approximate surface area is 121 Å². The highest BCUT2D eigenvalue weighted by molar-refractivity contribution is 5.88. The smallest absolute Gasteiger partial charge is 0.245 e. The molecular formula is C15H28N2O3. The van der Waals surface area contributed by atoms with Gasteiger partial charge >= 0.3 is 0 Å². The van der Waals surface area contributed by atoms with Crippen LogP contribution in [0.5, 0.6) is 0 Å². The molecule has 5 heteroatoms. The summed E-state index contributed by atoms with van der Waals surface area (Å²) in [5, 5.41) is 5.37. The third-order valence-electron chi connectivity index (χ3n) is 3.78. The van der Waals surface area contributed by atoms with E-state index >= 15 is 0 Å². The summed E-state index contributed by atoms with van der Waals surface area (Å²) in [5.74, 6) is -0.482. The topological polar surface area (TPSA) is 67.4 Å². The molecule has 1 saturated carbocycles. The maximum atomic E-state index is 11.9. The van der Waals surface area contributed by atoms with Gasteiger partial charge in [-0.05, 0) is 19.8 Å². The number of rotatable bonds is 6. The van der Waals surface area contributed by atoms with E-state index in [0.29, 0.717) is 0 Å². The molecule has 0 aromatic carbocycles.